The molecule has 0 spiro atoms. The highest BCUT2D eigenvalue weighted by Crippen LogP contribution is 2.37. The lowest BCUT2D eigenvalue weighted by atomic mass is 9.78. The number of allylic oxidation sites excluding steroid dienone is 6. The van der Waals surface area contributed by atoms with Gasteiger partial charge >= 0.3 is 5.97 Å². The first-order chi connectivity index (χ1) is 30.7. The number of Topliss-reactive ketones (excluding diaryl/α,β-unsaturated/α-hetero) is 4. The van der Waals surface area contributed by atoms with E-state index in [9.17, 15) is 39.3 Å². The van der Waals surface area contributed by atoms with Crippen LogP contribution in [0.15, 0.2) is 47.6 Å². The van der Waals surface area contributed by atoms with Crippen molar-refractivity contribution in [1.82, 2.24) is 5.32 Å². The minimum Gasteiger partial charge on any atom is -0.460 e. The van der Waals surface area contributed by atoms with Crippen LogP contribution in [0.3, 0.4) is 0 Å². The van der Waals surface area contributed by atoms with E-state index in [1.54, 1.807) is 41.1 Å². The summed E-state index contributed by atoms with van der Waals surface area (Å²) in [5, 5.41) is 36.7. The molecule has 3 aliphatic heterocycles. The van der Waals surface area contributed by atoms with E-state index in [-0.39, 0.29) is 48.3 Å². The number of ketones is 4. The third-order valence-electron chi connectivity index (χ3n) is 14.5. The number of hydrogen-bond donors (Lipinski definition) is 4. The number of aliphatic hydroxyl groups is 3. The molecule has 0 aromatic carbocycles. The van der Waals surface area contributed by atoms with E-state index in [1.807, 2.05) is 58.1 Å². The summed E-state index contributed by atoms with van der Waals surface area (Å²) in [5.41, 5.74) is 1.28. The second-order valence-corrected chi connectivity index (χ2v) is 19.6. The minimum absolute atomic E-state index is 0.0183. The molecule has 14 heteroatoms. The Labute approximate surface area is 387 Å². The van der Waals surface area contributed by atoms with Gasteiger partial charge in [0.25, 0.3) is 5.78 Å². The fourth-order valence-corrected chi connectivity index (χ4v) is 10.1. The third-order valence-corrected chi connectivity index (χ3v) is 14.5. The van der Waals surface area contributed by atoms with Crippen molar-refractivity contribution in [2.24, 2.45) is 35.5 Å². The normalized spacial score (nSPS) is 40.7. The average molecular weight is 914 g/mol. The summed E-state index contributed by atoms with van der Waals surface area (Å²) in [6, 6.07) is -2.03. The second kappa shape index (κ2) is 25.2. The van der Waals surface area contributed by atoms with Crippen LogP contribution >= 0.6 is 0 Å². The van der Waals surface area contributed by atoms with Crippen molar-refractivity contribution in [3.8, 4) is 0 Å². The van der Waals surface area contributed by atoms with Crippen LogP contribution in [0.4, 0.5) is 0 Å². The first-order valence-electron chi connectivity index (χ1n) is 23.9. The number of cyclic esters (lactones) is 1. The molecule has 3 fully saturated rings. The predicted octanol–water partition coefficient (Wildman–Crippen LogP) is 5.88. The van der Waals surface area contributed by atoms with Gasteiger partial charge in [-0.2, -0.15) is 0 Å². The van der Waals surface area contributed by atoms with Crippen molar-refractivity contribution in [2.75, 3.05) is 21.3 Å². The molecule has 14 nitrogen and oxygen atoms in total. The van der Waals surface area contributed by atoms with Gasteiger partial charge in [0, 0.05) is 51.9 Å². The van der Waals surface area contributed by atoms with Crippen molar-refractivity contribution < 1.29 is 63.0 Å². The molecular weight excluding hydrogens is 835 g/mol. The Kier molecular flexibility index (Phi) is 21.1. The van der Waals surface area contributed by atoms with Crippen molar-refractivity contribution >= 4 is 29.1 Å². The zero-order chi connectivity index (χ0) is 48.2. The Bertz CT molecular complexity index is 1760. The highest BCUT2D eigenvalue weighted by Gasteiger charge is 2.52. The smallest absolute Gasteiger partial charge is 0.323 e. The zero-order valence-corrected chi connectivity index (χ0v) is 40.5. The number of ether oxygens (including phenoxy) is 5. The van der Waals surface area contributed by atoms with Crippen LogP contribution in [0, 0.1) is 35.5 Å². The molecule has 65 heavy (non-hydrogen) atoms. The van der Waals surface area contributed by atoms with E-state index in [4.69, 9.17) is 23.7 Å². The number of fused-ring (bicyclic) bond motifs is 4. The fourth-order valence-electron chi connectivity index (χ4n) is 10.1. The molecule has 4 rings (SSSR count). The van der Waals surface area contributed by atoms with Gasteiger partial charge in [0.05, 0.1) is 30.5 Å². The lowest BCUT2D eigenvalue weighted by molar-refractivity contribution is -0.264. The van der Waals surface area contributed by atoms with Crippen molar-refractivity contribution in [1.29, 1.82) is 0 Å². The Morgan fingerprint density at radius 1 is 0.831 bits per heavy atom. The minimum atomic E-state index is -2.36. The molecule has 1 saturated carbocycles. The monoisotopic (exact) mass is 914 g/mol. The van der Waals surface area contributed by atoms with Crippen LogP contribution in [-0.4, -0.2) is 126 Å². The molecule has 16 atom stereocenters. The first kappa shape index (κ1) is 54.4. The molecule has 1 aliphatic carbocycles. The third kappa shape index (κ3) is 14.6. The number of hydrogen-bond acceptors (Lipinski definition) is 14. The molecule has 2 saturated heterocycles. The van der Waals surface area contributed by atoms with Gasteiger partial charge in [-0.05, 0) is 107 Å². The number of methoxy groups -OCH3 is 3. The quantitative estimate of drug-likeness (QED) is 0.140. The Morgan fingerprint density at radius 3 is 2.22 bits per heavy atom. The van der Waals surface area contributed by atoms with Gasteiger partial charge in [0.1, 0.15) is 30.1 Å². The van der Waals surface area contributed by atoms with Crippen molar-refractivity contribution in [3.63, 3.8) is 0 Å². The maximum atomic E-state index is 14.1. The standard InChI is InChI=1S/C51H79NO13/c1-29-15-12-11-13-16-30(2)42(61-8)27-37-21-19-35(7)51(60,65-37)49(58)47(57)38-17-14-18-39(52-38)50(59)64-43(32(4)25-36-20-22-40(53)44(26-36)62-9)28-41(54)31(3)24-34(6)46(56)48(63-10)45(55)33(5)23-29/h11-13,15-16,24,29,31-33,35-40,42-44,46,48,52-53,56,60H,14,17-23,25-28H2,1-10H3/b13-11+,15-12+,30-16?,34-24+/t29?,31?,32-,33?,35-,36?,37+,38?,39?,40?,42?,43?,44-,46?,48+,51-/m1/s1. The molecule has 4 N–H and O–H groups in total. The van der Waals surface area contributed by atoms with Gasteiger partial charge in [-0.15, -0.1) is 0 Å². The van der Waals surface area contributed by atoms with Gasteiger partial charge in [0.15, 0.2) is 5.78 Å². The second-order valence-electron chi connectivity index (χ2n) is 19.6. The predicted molar refractivity (Wildman–Crippen MR) is 245 cm³/mol. The highest BCUT2D eigenvalue weighted by atomic mass is 16.6. The van der Waals surface area contributed by atoms with Crippen LogP contribution in [0.5, 0.6) is 0 Å². The van der Waals surface area contributed by atoms with E-state index in [2.05, 4.69) is 5.32 Å². The Morgan fingerprint density at radius 2 is 1.54 bits per heavy atom. The molecule has 0 amide bonds. The van der Waals surface area contributed by atoms with Gasteiger partial charge < -0.3 is 39.0 Å². The van der Waals surface area contributed by atoms with Gasteiger partial charge in [-0.25, -0.2) is 0 Å². The van der Waals surface area contributed by atoms with Gasteiger partial charge in [-0.3, -0.25) is 29.3 Å². The van der Waals surface area contributed by atoms with Gasteiger partial charge in [0.2, 0.25) is 11.6 Å². The van der Waals surface area contributed by atoms with E-state index in [1.165, 1.54) is 7.11 Å². The lowest BCUT2D eigenvalue weighted by Crippen LogP contribution is -2.60. The van der Waals surface area contributed by atoms with Gasteiger partial charge in [-0.1, -0.05) is 71.1 Å². The molecule has 4 aliphatic rings. The number of nitrogens with one attached hydrogen (secondary N) is 1. The summed E-state index contributed by atoms with van der Waals surface area (Å²) >= 11 is 0. The zero-order valence-electron chi connectivity index (χ0n) is 40.5. The molecule has 4 bridgehead atoms. The highest BCUT2D eigenvalue weighted by molar-refractivity contribution is 6.41. The fraction of sp³-hybridized carbons (Fsp3) is 0.745. The van der Waals surface area contributed by atoms with Crippen LogP contribution in [-0.2, 0) is 47.7 Å². The van der Waals surface area contributed by atoms with E-state index in [0.29, 0.717) is 63.4 Å². The number of piperidine rings is 1. The Hall–Kier alpha value is -3.21. The van der Waals surface area contributed by atoms with Crippen LogP contribution in [0.25, 0.3) is 0 Å². The molecule has 0 aromatic heterocycles. The van der Waals surface area contributed by atoms with E-state index in [0.717, 1.165) is 12.0 Å². The molecule has 366 valence electrons. The average Bonchev–Trinajstić information content (AvgIpc) is 3.28. The topological polar surface area (TPSA) is 204 Å². The molecule has 0 radical (unpaired) electrons. The number of aliphatic hydroxyl groups excluding tert-OH is 2. The number of carbonyl (C=O) groups is 5. The summed E-state index contributed by atoms with van der Waals surface area (Å²) in [7, 11) is 4.53. The maximum absolute atomic E-state index is 14.1. The molecule has 10 unspecified atom stereocenters. The summed E-state index contributed by atoms with van der Waals surface area (Å²) in [4.78, 5) is 69.7. The summed E-state index contributed by atoms with van der Waals surface area (Å²) in [6.07, 6.45) is 11.2. The number of rotatable bonds is 6. The molecule has 3 heterocycles. The number of carbonyl (C=O) groups excluding carboxylic acids is 5. The summed E-state index contributed by atoms with van der Waals surface area (Å²) in [5.74, 6) is -7.43. The summed E-state index contributed by atoms with van der Waals surface area (Å²) < 4.78 is 29.2. The van der Waals surface area contributed by atoms with Crippen molar-refractivity contribution in [2.45, 2.75) is 186 Å². The van der Waals surface area contributed by atoms with Crippen LogP contribution in [0.2, 0.25) is 0 Å². The van der Waals surface area contributed by atoms with Crippen LogP contribution in [0.1, 0.15) is 126 Å². The SMILES string of the molecule is COC1C[C@@H]2CC[C@@H](C)[C@@](O)(O2)C(=O)C(=O)C2CCCC(N2)C(=O)OC([C@H](C)CC2CCC(O)[C@H](OC)C2)CC(=O)C(C)/C=C(\C)C(O)[C@@H](OC)C(=O)C(C)CC(C)/C=C/C=C/C=C1C. The number of esters is 1. The van der Waals surface area contributed by atoms with Crippen LogP contribution < -0.4 is 5.32 Å². The van der Waals surface area contributed by atoms with Crippen molar-refractivity contribution in [3.05, 3.63) is 47.6 Å². The first-order valence-corrected chi connectivity index (χ1v) is 23.9. The largest absolute Gasteiger partial charge is 0.460 e. The lowest BCUT2D eigenvalue weighted by Gasteiger charge is -2.42. The van der Waals surface area contributed by atoms with E-state index < -0.39 is 89.8 Å². The molecular formula is C51H79NO13. The van der Waals surface area contributed by atoms with E-state index >= 15 is 0 Å². The Balaban J connectivity index is 1.66. The summed E-state index contributed by atoms with van der Waals surface area (Å²) in [6.45, 7) is 12.7. The maximum Gasteiger partial charge on any atom is 0.323 e. The molecule has 0 aromatic rings.